The van der Waals surface area contributed by atoms with Crippen molar-refractivity contribution >= 4 is 11.6 Å². The number of ether oxygens (including phenoxy) is 1. The van der Waals surface area contributed by atoms with Crippen molar-refractivity contribution in [3.8, 4) is 0 Å². The zero-order valence-electron chi connectivity index (χ0n) is 13.1. The van der Waals surface area contributed by atoms with Crippen LogP contribution in [0.3, 0.4) is 0 Å². The van der Waals surface area contributed by atoms with Crippen LogP contribution < -0.4 is 5.32 Å². The maximum atomic E-state index is 5.97. The molecule has 0 amide bonds. The van der Waals surface area contributed by atoms with Gasteiger partial charge in [-0.1, -0.05) is 54.1 Å². The average Bonchev–Trinajstić information content (AvgIpc) is 2.54. The van der Waals surface area contributed by atoms with Crippen LogP contribution in [0, 0.1) is 5.92 Å². The van der Waals surface area contributed by atoms with Crippen molar-refractivity contribution < 1.29 is 4.74 Å². The molecule has 0 saturated heterocycles. The lowest BCUT2D eigenvalue weighted by atomic mass is 9.92. The van der Waals surface area contributed by atoms with Crippen molar-refractivity contribution in [1.82, 2.24) is 5.32 Å². The van der Waals surface area contributed by atoms with Crippen LogP contribution >= 0.6 is 11.6 Å². The molecule has 0 radical (unpaired) electrons. The summed E-state index contributed by atoms with van der Waals surface area (Å²) < 4.78 is 5.10. The van der Waals surface area contributed by atoms with Gasteiger partial charge in [0.15, 0.2) is 0 Å². The Morgan fingerprint density at radius 2 is 1.59 bits per heavy atom. The van der Waals surface area contributed by atoms with E-state index in [-0.39, 0.29) is 0 Å². The normalized spacial score (nSPS) is 12.3. The number of halogens is 1. The second kappa shape index (κ2) is 9.62. The van der Waals surface area contributed by atoms with E-state index in [0.29, 0.717) is 5.92 Å². The zero-order valence-corrected chi connectivity index (χ0v) is 13.9. The summed E-state index contributed by atoms with van der Waals surface area (Å²) in [4.78, 5) is 0. The fraction of sp³-hybridized carbons (Fsp3) is 0.368. The van der Waals surface area contributed by atoms with E-state index in [1.54, 1.807) is 7.11 Å². The Hall–Kier alpha value is -1.35. The molecule has 0 bridgehead atoms. The summed E-state index contributed by atoms with van der Waals surface area (Å²) >= 11 is 5.97. The lowest BCUT2D eigenvalue weighted by Gasteiger charge is -2.18. The molecule has 3 heteroatoms. The Morgan fingerprint density at radius 1 is 0.955 bits per heavy atom. The van der Waals surface area contributed by atoms with Gasteiger partial charge in [-0.25, -0.2) is 0 Å². The minimum Gasteiger partial charge on any atom is -0.383 e. The highest BCUT2D eigenvalue weighted by atomic mass is 35.5. The molecule has 1 atom stereocenters. The van der Waals surface area contributed by atoms with Gasteiger partial charge in [0.2, 0.25) is 0 Å². The Kier molecular flexibility index (Phi) is 7.44. The Bertz CT molecular complexity index is 527. The molecule has 0 aliphatic heterocycles. The summed E-state index contributed by atoms with van der Waals surface area (Å²) in [5.41, 5.74) is 2.72. The van der Waals surface area contributed by atoms with E-state index in [1.165, 1.54) is 11.1 Å². The smallest absolute Gasteiger partial charge is 0.0587 e. The number of methoxy groups -OCH3 is 1. The predicted molar refractivity (Wildman–Crippen MR) is 93.5 cm³/mol. The van der Waals surface area contributed by atoms with Crippen LogP contribution in [0.2, 0.25) is 5.02 Å². The number of hydrogen-bond acceptors (Lipinski definition) is 2. The van der Waals surface area contributed by atoms with Gasteiger partial charge in [0.05, 0.1) is 6.61 Å². The summed E-state index contributed by atoms with van der Waals surface area (Å²) in [5, 5.41) is 4.28. The molecule has 118 valence electrons. The summed E-state index contributed by atoms with van der Waals surface area (Å²) in [6.45, 7) is 2.63. The molecule has 2 nitrogen and oxygen atoms in total. The van der Waals surface area contributed by atoms with Gasteiger partial charge in [-0.3, -0.25) is 0 Å². The molecule has 1 unspecified atom stereocenters. The van der Waals surface area contributed by atoms with E-state index in [1.807, 2.05) is 12.1 Å². The van der Waals surface area contributed by atoms with Crippen LogP contribution in [0.15, 0.2) is 54.6 Å². The molecule has 2 rings (SSSR count). The number of benzene rings is 2. The van der Waals surface area contributed by atoms with Crippen molar-refractivity contribution in [2.75, 3.05) is 26.8 Å². The summed E-state index contributed by atoms with van der Waals surface area (Å²) in [6.07, 6.45) is 2.12. The first kappa shape index (κ1) is 17.0. The molecule has 0 heterocycles. The first-order valence-electron chi connectivity index (χ1n) is 7.76. The van der Waals surface area contributed by atoms with Crippen molar-refractivity contribution in [2.45, 2.75) is 12.8 Å². The van der Waals surface area contributed by atoms with Crippen LogP contribution in [0.25, 0.3) is 0 Å². The second-order valence-corrected chi connectivity index (χ2v) is 6.02. The van der Waals surface area contributed by atoms with Crippen LogP contribution in [0.5, 0.6) is 0 Å². The fourth-order valence-corrected chi connectivity index (χ4v) is 2.72. The third-order valence-electron chi connectivity index (χ3n) is 3.72. The molecular weight excluding hydrogens is 294 g/mol. The molecular formula is C19H24ClNO. The van der Waals surface area contributed by atoms with Gasteiger partial charge in [-0.2, -0.15) is 0 Å². The zero-order chi connectivity index (χ0) is 15.6. The number of hydrogen-bond donors (Lipinski definition) is 1. The van der Waals surface area contributed by atoms with Crippen LogP contribution in [-0.4, -0.2) is 26.8 Å². The molecule has 2 aromatic carbocycles. The van der Waals surface area contributed by atoms with E-state index in [2.05, 4.69) is 47.8 Å². The summed E-state index contributed by atoms with van der Waals surface area (Å²) in [5.74, 6) is 0.556. The average molecular weight is 318 g/mol. The van der Waals surface area contributed by atoms with Gasteiger partial charge in [0.1, 0.15) is 0 Å². The highest BCUT2D eigenvalue weighted by molar-refractivity contribution is 6.30. The predicted octanol–water partition coefficient (Wildman–Crippen LogP) is 3.98. The largest absolute Gasteiger partial charge is 0.383 e. The SMILES string of the molecule is COCCNCC(Cc1ccccc1)Cc1ccc(Cl)cc1. The van der Waals surface area contributed by atoms with Gasteiger partial charge in [0.25, 0.3) is 0 Å². The highest BCUT2D eigenvalue weighted by Gasteiger charge is 2.11. The second-order valence-electron chi connectivity index (χ2n) is 5.58. The van der Waals surface area contributed by atoms with E-state index >= 15 is 0 Å². The van der Waals surface area contributed by atoms with Gasteiger partial charge in [-0.15, -0.1) is 0 Å². The molecule has 1 N–H and O–H groups in total. The third-order valence-corrected chi connectivity index (χ3v) is 3.97. The minimum atomic E-state index is 0.556. The van der Waals surface area contributed by atoms with E-state index in [9.17, 15) is 0 Å². The molecule has 0 aromatic heterocycles. The maximum Gasteiger partial charge on any atom is 0.0587 e. The van der Waals surface area contributed by atoms with Crippen LogP contribution in [0.1, 0.15) is 11.1 Å². The molecule has 2 aromatic rings. The molecule has 0 spiro atoms. The Labute approximate surface area is 138 Å². The van der Waals surface area contributed by atoms with Crippen LogP contribution in [0.4, 0.5) is 0 Å². The molecule has 22 heavy (non-hydrogen) atoms. The number of rotatable bonds is 9. The van der Waals surface area contributed by atoms with Gasteiger partial charge >= 0.3 is 0 Å². The standard InChI is InChI=1S/C19H24ClNO/c1-22-12-11-21-15-18(13-16-5-3-2-4-6-16)14-17-7-9-19(20)10-8-17/h2-10,18,21H,11-15H2,1H3. The maximum absolute atomic E-state index is 5.97. The van der Waals surface area contributed by atoms with Crippen molar-refractivity contribution in [1.29, 1.82) is 0 Å². The third kappa shape index (κ3) is 6.18. The molecule has 0 saturated carbocycles. The van der Waals surface area contributed by atoms with E-state index in [0.717, 1.165) is 37.6 Å². The van der Waals surface area contributed by atoms with Gasteiger partial charge in [0, 0.05) is 18.7 Å². The molecule has 0 fully saturated rings. The quantitative estimate of drug-likeness (QED) is 0.706. The molecule has 0 aliphatic carbocycles. The van der Waals surface area contributed by atoms with Crippen molar-refractivity contribution in [3.05, 3.63) is 70.7 Å². The van der Waals surface area contributed by atoms with Crippen molar-refractivity contribution in [2.24, 2.45) is 5.92 Å². The van der Waals surface area contributed by atoms with Gasteiger partial charge in [-0.05, 0) is 48.6 Å². The topological polar surface area (TPSA) is 21.3 Å². The first-order valence-corrected chi connectivity index (χ1v) is 8.13. The fourth-order valence-electron chi connectivity index (χ4n) is 2.60. The molecule has 0 aliphatic rings. The first-order chi connectivity index (χ1) is 10.8. The summed E-state index contributed by atoms with van der Waals surface area (Å²) in [7, 11) is 1.73. The Morgan fingerprint density at radius 3 is 2.23 bits per heavy atom. The lowest BCUT2D eigenvalue weighted by molar-refractivity contribution is 0.197. The number of nitrogens with one attached hydrogen (secondary N) is 1. The van der Waals surface area contributed by atoms with Crippen LogP contribution in [-0.2, 0) is 17.6 Å². The van der Waals surface area contributed by atoms with E-state index < -0.39 is 0 Å². The van der Waals surface area contributed by atoms with Gasteiger partial charge < -0.3 is 10.1 Å². The van der Waals surface area contributed by atoms with E-state index in [4.69, 9.17) is 16.3 Å². The summed E-state index contributed by atoms with van der Waals surface area (Å²) in [6, 6.07) is 18.8. The minimum absolute atomic E-state index is 0.556. The van der Waals surface area contributed by atoms with Crippen molar-refractivity contribution in [3.63, 3.8) is 0 Å². The Balaban J connectivity index is 1.95. The lowest BCUT2D eigenvalue weighted by Crippen LogP contribution is -2.28. The highest BCUT2D eigenvalue weighted by Crippen LogP contribution is 2.16. The monoisotopic (exact) mass is 317 g/mol.